The minimum absolute atomic E-state index is 0.0174. The normalized spacial score (nSPS) is 50.9. The molecule has 7 atom stereocenters. The molecule has 0 bridgehead atoms. The van der Waals surface area contributed by atoms with E-state index in [0.29, 0.717) is 48.6 Å². The van der Waals surface area contributed by atoms with Gasteiger partial charge in [-0.25, -0.2) is 0 Å². The second-order valence-corrected chi connectivity index (χ2v) is 9.63. The molecule has 0 radical (unpaired) electrons. The van der Waals surface area contributed by atoms with E-state index in [0.717, 1.165) is 32.1 Å². The molecule has 4 aliphatic rings. The molecule has 0 N–H and O–H groups in total. The van der Waals surface area contributed by atoms with E-state index < -0.39 is 0 Å². The third kappa shape index (κ3) is 2.05. The van der Waals surface area contributed by atoms with E-state index in [4.69, 9.17) is 0 Å². The number of ketones is 3. The second-order valence-electron chi connectivity index (χ2n) is 9.63. The highest BCUT2D eigenvalue weighted by molar-refractivity contribution is 5.91. The lowest BCUT2D eigenvalue weighted by Crippen LogP contribution is -2.56. The first kappa shape index (κ1) is 16.5. The zero-order valence-electron chi connectivity index (χ0n) is 15.3. The molecular weight excluding hydrogens is 300 g/mol. The van der Waals surface area contributed by atoms with Crippen LogP contribution in [0.1, 0.15) is 72.1 Å². The first-order valence-electron chi connectivity index (χ1n) is 9.82. The molecule has 4 fully saturated rings. The largest absolute Gasteiger partial charge is 0.300 e. The van der Waals surface area contributed by atoms with Crippen LogP contribution in [-0.4, -0.2) is 17.3 Å². The Labute approximate surface area is 144 Å². The molecule has 0 aromatic rings. The van der Waals surface area contributed by atoms with Crippen LogP contribution in [0.25, 0.3) is 0 Å². The molecule has 24 heavy (non-hydrogen) atoms. The monoisotopic (exact) mass is 330 g/mol. The third-order valence-electron chi connectivity index (χ3n) is 8.77. The Bertz CT molecular complexity index is 608. The second kappa shape index (κ2) is 5.25. The van der Waals surface area contributed by atoms with E-state index >= 15 is 0 Å². The fourth-order valence-electron chi connectivity index (χ4n) is 7.50. The summed E-state index contributed by atoms with van der Waals surface area (Å²) in [4.78, 5) is 37.0. The van der Waals surface area contributed by atoms with Crippen molar-refractivity contribution in [2.75, 3.05) is 0 Å². The Morgan fingerprint density at radius 3 is 2.38 bits per heavy atom. The molecule has 0 amide bonds. The summed E-state index contributed by atoms with van der Waals surface area (Å²) in [6, 6.07) is 0. The van der Waals surface area contributed by atoms with Crippen LogP contribution in [-0.2, 0) is 14.4 Å². The van der Waals surface area contributed by atoms with E-state index in [9.17, 15) is 14.4 Å². The SMILES string of the molecule is CC(=O)C1CCC2C3CC(=O)[C@H]4CC(=O)CCC4(C)C3CCC12C. The Morgan fingerprint density at radius 2 is 1.67 bits per heavy atom. The molecule has 4 rings (SSSR count). The van der Waals surface area contributed by atoms with E-state index in [1.807, 2.05) is 0 Å². The standard InChI is InChI=1S/C21H30O3/c1-12(22)15-4-5-16-14-11-19(24)18-10-13(23)6-8-21(18,3)17(14)7-9-20(15,16)2/h14-18H,4-11H2,1-3H3/t14?,15?,16?,17?,18-,20?,21?/m1/s1. The smallest absolute Gasteiger partial charge is 0.137 e. The van der Waals surface area contributed by atoms with Crippen LogP contribution in [0.4, 0.5) is 0 Å². The summed E-state index contributed by atoms with van der Waals surface area (Å²) in [5.74, 6) is 2.64. The summed E-state index contributed by atoms with van der Waals surface area (Å²) in [5, 5.41) is 0. The predicted molar refractivity (Wildman–Crippen MR) is 91.3 cm³/mol. The molecular formula is C21H30O3. The van der Waals surface area contributed by atoms with Gasteiger partial charge in [-0.15, -0.1) is 0 Å². The van der Waals surface area contributed by atoms with Crippen molar-refractivity contribution in [2.24, 2.45) is 40.4 Å². The van der Waals surface area contributed by atoms with Gasteiger partial charge in [-0.3, -0.25) is 14.4 Å². The maximum absolute atomic E-state index is 12.9. The van der Waals surface area contributed by atoms with Crippen LogP contribution in [0.2, 0.25) is 0 Å². The van der Waals surface area contributed by atoms with Crippen molar-refractivity contribution in [3.63, 3.8) is 0 Å². The van der Waals surface area contributed by atoms with Gasteiger partial charge in [0.2, 0.25) is 0 Å². The van der Waals surface area contributed by atoms with Gasteiger partial charge in [0, 0.05) is 31.1 Å². The van der Waals surface area contributed by atoms with Crippen LogP contribution in [0, 0.1) is 40.4 Å². The highest BCUT2D eigenvalue weighted by atomic mass is 16.1. The topological polar surface area (TPSA) is 51.2 Å². The van der Waals surface area contributed by atoms with E-state index in [1.165, 1.54) is 0 Å². The van der Waals surface area contributed by atoms with E-state index in [-0.39, 0.29) is 28.4 Å². The number of hydrogen-bond donors (Lipinski definition) is 0. The van der Waals surface area contributed by atoms with Gasteiger partial charge in [0.25, 0.3) is 0 Å². The average molecular weight is 330 g/mol. The minimum atomic E-state index is -0.0330. The van der Waals surface area contributed by atoms with Crippen LogP contribution in [0.5, 0.6) is 0 Å². The molecule has 0 spiro atoms. The van der Waals surface area contributed by atoms with Crippen LogP contribution < -0.4 is 0 Å². The zero-order valence-corrected chi connectivity index (χ0v) is 15.3. The predicted octanol–water partition coefficient (Wildman–Crippen LogP) is 3.98. The molecule has 4 aliphatic carbocycles. The van der Waals surface area contributed by atoms with E-state index in [1.54, 1.807) is 6.92 Å². The number of Topliss-reactive ketones (excluding diaryl/α,β-unsaturated/α-hetero) is 3. The van der Waals surface area contributed by atoms with Gasteiger partial charge in [-0.05, 0) is 67.6 Å². The first-order valence-corrected chi connectivity index (χ1v) is 9.82. The quantitative estimate of drug-likeness (QED) is 0.730. The zero-order chi connectivity index (χ0) is 17.3. The molecule has 3 heteroatoms. The van der Waals surface area contributed by atoms with Crippen molar-refractivity contribution in [2.45, 2.75) is 72.1 Å². The summed E-state index contributed by atoms with van der Waals surface area (Å²) in [6.45, 7) is 6.36. The molecule has 3 nitrogen and oxygen atoms in total. The van der Waals surface area contributed by atoms with Crippen molar-refractivity contribution >= 4 is 17.3 Å². The summed E-state index contributed by atoms with van der Waals surface area (Å²) < 4.78 is 0. The van der Waals surface area contributed by atoms with Crippen molar-refractivity contribution in [3.05, 3.63) is 0 Å². The van der Waals surface area contributed by atoms with Gasteiger partial charge in [-0.1, -0.05) is 13.8 Å². The van der Waals surface area contributed by atoms with Crippen LogP contribution in [0.15, 0.2) is 0 Å². The van der Waals surface area contributed by atoms with Gasteiger partial charge in [0.15, 0.2) is 0 Å². The molecule has 0 aliphatic heterocycles. The summed E-state index contributed by atoms with van der Waals surface area (Å²) >= 11 is 0. The van der Waals surface area contributed by atoms with Crippen molar-refractivity contribution in [1.29, 1.82) is 0 Å². The minimum Gasteiger partial charge on any atom is -0.300 e. The molecule has 6 unspecified atom stereocenters. The van der Waals surface area contributed by atoms with Crippen LogP contribution in [0.3, 0.4) is 0 Å². The molecule has 132 valence electrons. The molecule has 0 aromatic carbocycles. The van der Waals surface area contributed by atoms with Gasteiger partial charge in [0.1, 0.15) is 17.3 Å². The maximum Gasteiger partial charge on any atom is 0.137 e. The summed E-state index contributed by atoms with van der Waals surface area (Å²) in [5.41, 5.74) is 0.116. The number of hydrogen-bond acceptors (Lipinski definition) is 3. The lowest BCUT2D eigenvalue weighted by Gasteiger charge is -2.59. The number of rotatable bonds is 1. The maximum atomic E-state index is 12.9. The van der Waals surface area contributed by atoms with Crippen molar-refractivity contribution < 1.29 is 14.4 Å². The van der Waals surface area contributed by atoms with Crippen molar-refractivity contribution in [1.82, 2.24) is 0 Å². The third-order valence-corrected chi connectivity index (χ3v) is 8.77. The summed E-state index contributed by atoms with van der Waals surface area (Å²) in [6.07, 6.45) is 7.05. The lowest BCUT2D eigenvalue weighted by molar-refractivity contribution is -0.159. The number of carbonyl (C=O) groups excluding carboxylic acids is 3. The highest BCUT2D eigenvalue weighted by Crippen LogP contribution is 2.66. The molecule has 4 saturated carbocycles. The Balaban J connectivity index is 1.68. The average Bonchev–Trinajstić information content (AvgIpc) is 2.87. The molecule has 0 aromatic heterocycles. The Morgan fingerprint density at radius 1 is 0.958 bits per heavy atom. The van der Waals surface area contributed by atoms with Crippen molar-refractivity contribution in [3.8, 4) is 0 Å². The van der Waals surface area contributed by atoms with E-state index in [2.05, 4.69) is 13.8 Å². The lowest BCUT2D eigenvalue weighted by atomic mass is 9.44. The fraction of sp³-hybridized carbons (Fsp3) is 0.857. The number of fused-ring (bicyclic) bond motifs is 5. The van der Waals surface area contributed by atoms with Crippen LogP contribution >= 0.6 is 0 Å². The van der Waals surface area contributed by atoms with Gasteiger partial charge in [0.05, 0.1) is 0 Å². The van der Waals surface area contributed by atoms with Gasteiger partial charge in [-0.2, -0.15) is 0 Å². The molecule has 0 saturated heterocycles. The van der Waals surface area contributed by atoms with Gasteiger partial charge < -0.3 is 0 Å². The molecule has 0 heterocycles. The Hall–Kier alpha value is -0.990. The summed E-state index contributed by atoms with van der Waals surface area (Å²) in [7, 11) is 0. The number of carbonyl (C=O) groups is 3. The fourth-order valence-corrected chi connectivity index (χ4v) is 7.50. The Kier molecular flexibility index (Phi) is 3.61. The van der Waals surface area contributed by atoms with Gasteiger partial charge >= 0.3 is 0 Å². The first-order chi connectivity index (χ1) is 11.3. The highest BCUT2D eigenvalue weighted by Gasteiger charge is 2.62.